The van der Waals surface area contributed by atoms with E-state index in [0.29, 0.717) is 17.8 Å². The minimum atomic E-state index is -0.465. The molecule has 3 aromatic rings. The van der Waals surface area contributed by atoms with Crippen LogP contribution in [-0.4, -0.2) is 45.9 Å². The van der Waals surface area contributed by atoms with Crippen LogP contribution in [0.3, 0.4) is 0 Å². The lowest BCUT2D eigenvalue weighted by atomic mass is 10.1. The van der Waals surface area contributed by atoms with E-state index in [2.05, 4.69) is 5.32 Å². The minimum Gasteiger partial charge on any atom is -0.337 e. The Morgan fingerprint density at radius 3 is 2.47 bits per heavy atom. The van der Waals surface area contributed by atoms with Crippen molar-refractivity contribution in [2.75, 3.05) is 29.9 Å². The molecule has 1 aliphatic heterocycles. The highest BCUT2D eigenvalue weighted by atomic mass is 32.2. The molecule has 1 aromatic heterocycles. The van der Waals surface area contributed by atoms with E-state index in [1.807, 2.05) is 53.9 Å². The number of amides is 2. The fourth-order valence-electron chi connectivity index (χ4n) is 3.69. The number of hydrogen-bond donors (Lipinski definition) is 1. The summed E-state index contributed by atoms with van der Waals surface area (Å²) in [4.78, 5) is 40.3. The minimum absolute atomic E-state index is 0.0122. The molecule has 0 bridgehead atoms. The third kappa shape index (κ3) is 4.94. The van der Waals surface area contributed by atoms with Crippen molar-refractivity contribution in [3.8, 4) is 0 Å². The fraction of sp³-hybridized carbons (Fsp3) is 0.240. The number of hydrogen-bond acceptors (Lipinski definition) is 4. The summed E-state index contributed by atoms with van der Waals surface area (Å²) in [5.74, 6) is 1.46. The predicted octanol–water partition coefficient (Wildman–Crippen LogP) is 3.65. The van der Waals surface area contributed by atoms with Crippen LogP contribution in [0.4, 0.5) is 5.69 Å². The highest BCUT2D eigenvalue weighted by Crippen LogP contribution is 2.20. The first-order valence-electron chi connectivity index (χ1n) is 10.6. The van der Waals surface area contributed by atoms with Crippen molar-refractivity contribution >= 4 is 29.3 Å². The number of thioether (sulfide) groups is 1. The second-order valence-electron chi connectivity index (χ2n) is 7.73. The molecule has 2 aromatic carbocycles. The van der Waals surface area contributed by atoms with Crippen LogP contribution in [-0.2, 0) is 6.54 Å². The lowest BCUT2D eigenvalue weighted by molar-refractivity contribution is 0.0772. The molecule has 32 heavy (non-hydrogen) atoms. The lowest BCUT2D eigenvalue weighted by Gasteiger charge is -2.26. The van der Waals surface area contributed by atoms with E-state index >= 15 is 0 Å². The van der Waals surface area contributed by atoms with Crippen molar-refractivity contribution in [2.45, 2.75) is 13.5 Å². The number of rotatable bonds is 5. The number of pyridine rings is 1. The van der Waals surface area contributed by atoms with Gasteiger partial charge in [0.05, 0.1) is 6.54 Å². The molecule has 6 nitrogen and oxygen atoms in total. The summed E-state index contributed by atoms with van der Waals surface area (Å²) >= 11 is 1.86. The Labute approximate surface area is 191 Å². The maximum Gasteiger partial charge on any atom is 0.263 e. The molecule has 0 radical (unpaired) electrons. The molecule has 1 fully saturated rings. The molecule has 0 spiro atoms. The monoisotopic (exact) mass is 447 g/mol. The third-order valence-electron chi connectivity index (χ3n) is 5.48. The van der Waals surface area contributed by atoms with Gasteiger partial charge in [-0.3, -0.25) is 14.4 Å². The first-order valence-corrected chi connectivity index (χ1v) is 11.7. The number of carbonyl (C=O) groups is 2. The van der Waals surface area contributed by atoms with Gasteiger partial charge in [0.2, 0.25) is 0 Å². The molecular weight excluding hydrogens is 422 g/mol. The summed E-state index contributed by atoms with van der Waals surface area (Å²) < 4.78 is 1.52. The molecular formula is C25H25N3O3S. The van der Waals surface area contributed by atoms with Crippen LogP contribution in [0.1, 0.15) is 31.8 Å². The molecule has 0 aliphatic carbocycles. The smallest absolute Gasteiger partial charge is 0.263 e. The highest BCUT2D eigenvalue weighted by Gasteiger charge is 2.19. The summed E-state index contributed by atoms with van der Waals surface area (Å²) in [6.07, 6.45) is 1.68. The average Bonchev–Trinajstić information content (AvgIpc) is 2.82. The normalized spacial score (nSPS) is 13.6. The van der Waals surface area contributed by atoms with Crippen LogP contribution in [0.5, 0.6) is 0 Å². The third-order valence-corrected chi connectivity index (χ3v) is 6.42. The van der Waals surface area contributed by atoms with Crippen molar-refractivity contribution in [1.29, 1.82) is 0 Å². The van der Waals surface area contributed by atoms with Gasteiger partial charge in [0, 0.05) is 42.0 Å². The van der Waals surface area contributed by atoms with E-state index in [1.54, 1.807) is 30.5 Å². The van der Waals surface area contributed by atoms with Crippen molar-refractivity contribution in [2.24, 2.45) is 0 Å². The van der Waals surface area contributed by atoms with E-state index in [9.17, 15) is 14.4 Å². The van der Waals surface area contributed by atoms with E-state index in [4.69, 9.17) is 0 Å². The molecule has 164 valence electrons. The second-order valence-corrected chi connectivity index (χ2v) is 8.95. The number of anilines is 1. The van der Waals surface area contributed by atoms with Gasteiger partial charge in [0.25, 0.3) is 17.4 Å². The zero-order valence-electron chi connectivity index (χ0n) is 17.9. The molecule has 7 heteroatoms. The van der Waals surface area contributed by atoms with Gasteiger partial charge in [-0.2, -0.15) is 11.8 Å². The van der Waals surface area contributed by atoms with Gasteiger partial charge in [-0.15, -0.1) is 0 Å². The summed E-state index contributed by atoms with van der Waals surface area (Å²) in [5, 5.41) is 2.82. The van der Waals surface area contributed by atoms with Gasteiger partial charge < -0.3 is 14.8 Å². The zero-order chi connectivity index (χ0) is 22.5. The standard InChI is InChI=1S/C25H25N3O3S/c1-18-16-20(24(30)27-12-14-32-15-13-27)9-10-22(18)26-23(29)21-8-5-11-28(25(21)31)17-19-6-3-2-4-7-19/h2-11,16H,12-15,17H2,1H3,(H,26,29). The average molecular weight is 448 g/mol. The van der Waals surface area contributed by atoms with Crippen LogP contribution < -0.4 is 10.9 Å². The SMILES string of the molecule is Cc1cc(C(=O)N2CCSCC2)ccc1NC(=O)c1cccn(Cc2ccccc2)c1=O. The number of benzene rings is 2. The highest BCUT2D eigenvalue weighted by molar-refractivity contribution is 7.99. The lowest BCUT2D eigenvalue weighted by Crippen LogP contribution is -2.37. The summed E-state index contributed by atoms with van der Waals surface area (Å²) in [6, 6.07) is 18.1. The molecule has 0 atom stereocenters. The summed E-state index contributed by atoms with van der Waals surface area (Å²) in [6.45, 7) is 3.75. The van der Waals surface area contributed by atoms with E-state index in [-0.39, 0.29) is 17.0 Å². The van der Waals surface area contributed by atoms with Gasteiger partial charge in [-0.25, -0.2) is 0 Å². The van der Waals surface area contributed by atoms with E-state index < -0.39 is 5.91 Å². The second kappa shape index (κ2) is 9.87. The maximum absolute atomic E-state index is 12.9. The first kappa shape index (κ1) is 21.9. The summed E-state index contributed by atoms with van der Waals surface area (Å²) in [7, 11) is 0. The van der Waals surface area contributed by atoms with Crippen LogP contribution in [0.15, 0.2) is 71.7 Å². The Balaban J connectivity index is 1.50. The molecule has 1 saturated heterocycles. The Morgan fingerprint density at radius 2 is 1.75 bits per heavy atom. The Kier molecular flexibility index (Phi) is 6.75. The molecule has 0 saturated carbocycles. The number of aromatic nitrogens is 1. The van der Waals surface area contributed by atoms with Crippen LogP contribution in [0.2, 0.25) is 0 Å². The van der Waals surface area contributed by atoms with Gasteiger partial charge in [0.15, 0.2) is 0 Å². The van der Waals surface area contributed by atoms with E-state index in [0.717, 1.165) is 35.7 Å². The van der Waals surface area contributed by atoms with Crippen LogP contribution >= 0.6 is 11.8 Å². The first-order chi connectivity index (χ1) is 15.5. The molecule has 4 rings (SSSR count). The van der Waals surface area contributed by atoms with Crippen molar-refractivity contribution < 1.29 is 9.59 Å². The van der Waals surface area contributed by atoms with Crippen LogP contribution in [0, 0.1) is 6.92 Å². The topological polar surface area (TPSA) is 71.4 Å². The Hall–Kier alpha value is -3.32. The molecule has 2 amide bonds. The molecule has 1 N–H and O–H groups in total. The van der Waals surface area contributed by atoms with Gasteiger partial charge in [-0.1, -0.05) is 30.3 Å². The maximum atomic E-state index is 12.9. The van der Waals surface area contributed by atoms with Gasteiger partial charge >= 0.3 is 0 Å². The quantitative estimate of drug-likeness (QED) is 0.648. The molecule has 2 heterocycles. The van der Waals surface area contributed by atoms with Crippen molar-refractivity contribution in [3.63, 3.8) is 0 Å². The number of carbonyl (C=O) groups excluding carboxylic acids is 2. The zero-order valence-corrected chi connectivity index (χ0v) is 18.7. The van der Waals surface area contributed by atoms with Crippen LogP contribution in [0.25, 0.3) is 0 Å². The summed E-state index contributed by atoms with van der Waals surface area (Å²) in [5.41, 5.74) is 2.68. The molecule has 0 unspecified atom stereocenters. The van der Waals surface area contributed by atoms with E-state index in [1.165, 1.54) is 10.6 Å². The fourth-order valence-corrected chi connectivity index (χ4v) is 4.59. The Bertz CT molecular complexity index is 1180. The number of aryl methyl sites for hydroxylation is 1. The predicted molar refractivity (Wildman–Crippen MR) is 129 cm³/mol. The number of nitrogens with one attached hydrogen (secondary N) is 1. The largest absolute Gasteiger partial charge is 0.337 e. The van der Waals surface area contributed by atoms with Gasteiger partial charge in [0.1, 0.15) is 5.56 Å². The van der Waals surface area contributed by atoms with Crippen molar-refractivity contribution in [1.82, 2.24) is 9.47 Å². The number of nitrogens with zero attached hydrogens (tertiary/aromatic N) is 2. The molecule has 1 aliphatic rings. The van der Waals surface area contributed by atoms with Gasteiger partial charge in [-0.05, 0) is 48.4 Å². The Morgan fingerprint density at radius 1 is 1.00 bits per heavy atom. The van der Waals surface area contributed by atoms with Crippen molar-refractivity contribution in [3.05, 3.63) is 99.5 Å².